The molecule has 0 aliphatic heterocycles. The van der Waals surface area contributed by atoms with Gasteiger partial charge in [0.15, 0.2) is 0 Å². The Morgan fingerprint density at radius 1 is 1.33 bits per heavy atom. The molecule has 0 N–H and O–H groups in total. The van der Waals surface area contributed by atoms with Gasteiger partial charge in [-0.3, -0.25) is 0 Å². The first-order chi connectivity index (χ1) is 5.81. The summed E-state index contributed by atoms with van der Waals surface area (Å²) in [5, 5.41) is 0. The van der Waals surface area contributed by atoms with Crippen molar-refractivity contribution in [3.05, 3.63) is 21.8 Å². The highest BCUT2D eigenvalue weighted by Crippen LogP contribution is 2.16. The third kappa shape index (κ3) is 8.31. The standard InChI is InChI=1S/C11H19I/c1-3-5-7-8-10-11(12)9-6-4-2/h3,5,10H,4,6-9H2,1-2H3/b5-3-,11-10-. The Bertz CT molecular complexity index is 145. The molecule has 0 aromatic heterocycles. The predicted molar refractivity (Wildman–Crippen MR) is 65.7 cm³/mol. The highest BCUT2D eigenvalue weighted by atomic mass is 127. The number of allylic oxidation sites excluding steroid dienone is 4. The zero-order chi connectivity index (χ0) is 9.23. The maximum Gasteiger partial charge on any atom is -0.0134 e. The molecule has 0 radical (unpaired) electrons. The van der Waals surface area contributed by atoms with Crippen molar-refractivity contribution >= 4 is 22.6 Å². The highest BCUT2D eigenvalue weighted by molar-refractivity contribution is 14.1. The van der Waals surface area contributed by atoms with Crippen molar-refractivity contribution in [2.24, 2.45) is 0 Å². The monoisotopic (exact) mass is 278 g/mol. The van der Waals surface area contributed by atoms with Crippen LogP contribution in [0.15, 0.2) is 21.8 Å². The van der Waals surface area contributed by atoms with Crippen LogP contribution >= 0.6 is 22.6 Å². The van der Waals surface area contributed by atoms with Gasteiger partial charge < -0.3 is 0 Å². The van der Waals surface area contributed by atoms with Crippen LogP contribution < -0.4 is 0 Å². The maximum absolute atomic E-state index is 2.45. The molecule has 0 unspecified atom stereocenters. The van der Waals surface area contributed by atoms with Gasteiger partial charge in [-0.2, -0.15) is 0 Å². The van der Waals surface area contributed by atoms with Gasteiger partial charge in [-0.25, -0.2) is 0 Å². The summed E-state index contributed by atoms with van der Waals surface area (Å²) >= 11 is 2.45. The highest BCUT2D eigenvalue weighted by Gasteiger charge is 1.89. The van der Waals surface area contributed by atoms with Crippen molar-refractivity contribution in [1.29, 1.82) is 0 Å². The van der Waals surface area contributed by atoms with Crippen LogP contribution in [0, 0.1) is 0 Å². The van der Waals surface area contributed by atoms with Crippen LogP contribution in [0.1, 0.15) is 46.0 Å². The van der Waals surface area contributed by atoms with Crippen molar-refractivity contribution in [3.8, 4) is 0 Å². The normalized spacial score (nSPS) is 12.8. The number of hydrogen-bond acceptors (Lipinski definition) is 0. The van der Waals surface area contributed by atoms with E-state index in [-0.39, 0.29) is 0 Å². The summed E-state index contributed by atoms with van der Waals surface area (Å²) < 4.78 is 1.53. The molecule has 0 amide bonds. The Hall–Kier alpha value is 0.210. The van der Waals surface area contributed by atoms with E-state index in [2.05, 4.69) is 54.7 Å². The van der Waals surface area contributed by atoms with Gasteiger partial charge in [0, 0.05) is 0 Å². The van der Waals surface area contributed by atoms with E-state index in [0.717, 1.165) is 0 Å². The molecule has 0 aliphatic rings. The molecule has 0 aliphatic carbocycles. The average Bonchev–Trinajstić information content (AvgIpc) is 2.09. The summed E-state index contributed by atoms with van der Waals surface area (Å²) in [5.41, 5.74) is 0. The minimum atomic E-state index is 1.19. The smallest absolute Gasteiger partial charge is 0.0134 e. The lowest BCUT2D eigenvalue weighted by molar-refractivity contribution is 0.808. The summed E-state index contributed by atoms with van der Waals surface area (Å²) in [6.07, 6.45) is 13.0. The summed E-state index contributed by atoms with van der Waals surface area (Å²) in [5.74, 6) is 0. The first-order valence-electron chi connectivity index (χ1n) is 4.77. The van der Waals surface area contributed by atoms with E-state index in [4.69, 9.17) is 0 Å². The molecule has 0 aromatic rings. The lowest BCUT2D eigenvalue weighted by Gasteiger charge is -1.96. The van der Waals surface area contributed by atoms with E-state index in [9.17, 15) is 0 Å². The molecular formula is C11H19I. The number of rotatable bonds is 6. The van der Waals surface area contributed by atoms with Gasteiger partial charge >= 0.3 is 0 Å². The largest absolute Gasteiger partial charge is 0.0917 e. The second kappa shape index (κ2) is 9.30. The van der Waals surface area contributed by atoms with Crippen molar-refractivity contribution < 1.29 is 0 Å². The molecular weight excluding hydrogens is 259 g/mol. The number of halogens is 1. The minimum Gasteiger partial charge on any atom is -0.0917 e. The molecule has 1 heteroatoms. The topological polar surface area (TPSA) is 0 Å². The van der Waals surface area contributed by atoms with Crippen LogP contribution in [0.3, 0.4) is 0 Å². The van der Waals surface area contributed by atoms with E-state index in [1.807, 2.05) is 0 Å². The van der Waals surface area contributed by atoms with Crippen LogP contribution in [-0.4, -0.2) is 0 Å². The zero-order valence-electron chi connectivity index (χ0n) is 8.15. The second-order valence-corrected chi connectivity index (χ2v) is 4.29. The average molecular weight is 278 g/mol. The Balaban J connectivity index is 3.40. The van der Waals surface area contributed by atoms with Crippen molar-refractivity contribution in [2.75, 3.05) is 0 Å². The molecule has 0 atom stereocenters. The molecule has 0 bridgehead atoms. The fourth-order valence-corrected chi connectivity index (χ4v) is 1.64. The molecule has 0 saturated carbocycles. The van der Waals surface area contributed by atoms with Gasteiger partial charge in [0.2, 0.25) is 0 Å². The van der Waals surface area contributed by atoms with E-state index in [1.54, 1.807) is 0 Å². The van der Waals surface area contributed by atoms with Gasteiger partial charge in [0.25, 0.3) is 0 Å². The summed E-state index contributed by atoms with van der Waals surface area (Å²) in [6, 6.07) is 0. The first kappa shape index (κ1) is 12.2. The van der Waals surface area contributed by atoms with Gasteiger partial charge in [0.1, 0.15) is 0 Å². The maximum atomic E-state index is 2.45. The number of unbranched alkanes of at least 4 members (excludes halogenated alkanes) is 2. The molecule has 0 fully saturated rings. The fraction of sp³-hybridized carbons (Fsp3) is 0.636. The van der Waals surface area contributed by atoms with Crippen LogP contribution in [-0.2, 0) is 0 Å². The lowest BCUT2D eigenvalue weighted by Crippen LogP contribution is -1.74. The molecule has 0 heterocycles. The molecule has 12 heavy (non-hydrogen) atoms. The molecule has 0 spiro atoms. The Morgan fingerprint density at radius 2 is 2.08 bits per heavy atom. The van der Waals surface area contributed by atoms with Gasteiger partial charge in [0.05, 0.1) is 0 Å². The third-order valence-electron chi connectivity index (χ3n) is 1.70. The molecule has 0 nitrogen and oxygen atoms in total. The minimum absolute atomic E-state index is 1.19. The Kier molecular flexibility index (Phi) is 9.46. The SMILES string of the molecule is C/C=C\CC/C=C(\I)CCCC. The zero-order valence-corrected chi connectivity index (χ0v) is 10.3. The van der Waals surface area contributed by atoms with Crippen LogP contribution in [0.4, 0.5) is 0 Å². The van der Waals surface area contributed by atoms with Crippen LogP contribution in [0.25, 0.3) is 0 Å². The number of hydrogen-bond donors (Lipinski definition) is 0. The summed E-state index contributed by atoms with van der Waals surface area (Å²) in [4.78, 5) is 0. The van der Waals surface area contributed by atoms with E-state index >= 15 is 0 Å². The molecule has 70 valence electrons. The quantitative estimate of drug-likeness (QED) is 0.370. The van der Waals surface area contributed by atoms with Crippen molar-refractivity contribution in [2.45, 2.75) is 46.0 Å². The van der Waals surface area contributed by atoms with Gasteiger partial charge in [-0.15, -0.1) is 0 Å². The van der Waals surface area contributed by atoms with Gasteiger partial charge in [-0.05, 0) is 58.8 Å². The predicted octanol–water partition coefficient (Wildman–Crippen LogP) is 4.85. The fourth-order valence-electron chi connectivity index (χ4n) is 0.951. The molecule has 0 aromatic carbocycles. The van der Waals surface area contributed by atoms with E-state index in [1.165, 1.54) is 35.7 Å². The van der Waals surface area contributed by atoms with E-state index in [0.29, 0.717) is 0 Å². The van der Waals surface area contributed by atoms with Crippen LogP contribution in [0.5, 0.6) is 0 Å². The lowest BCUT2D eigenvalue weighted by atomic mass is 10.2. The Morgan fingerprint density at radius 3 is 2.67 bits per heavy atom. The second-order valence-electron chi connectivity index (χ2n) is 2.90. The Labute approximate surface area is 90.3 Å². The first-order valence-corrected chi connectivity index (χ1v) is 5.84. The van der Waals surface area contributed by atoms with E-state index < -0.39 is 0 Å². The third-order valence-corrected chi connectivity index (χ3v) is 2.68. The van der Waals surface area contributed by atoms with Crippen molar-refractivity contribution in [3.63, 3.8) is 0 Å². The molecule has 0 saturated heterocycles. The molecule has 0 rings (SSSR count). The van der Waals surface area contributed by atoms with Crippen LogP contribution in [0.2, 0.25) is 0 Å². The summed E-state index contributed by atoms with van der Waals surface area (Å²) in [7, 11) is 0. The summed E-state index contributed by atoms with van der Waals surface area (Å²) in [6.45, 7) is 4.31. The van der Waals surface area contributed by atoms with Gasteiger partial charge in [-0.1, -0.05) is 31.6 Å². The van der Waals surface area contributed by atoms with Crippen molar-refractivity contribution in [1.82, 2.24) is 0 Å².